The molecule has 1 aromatic carbocycles. The fraction of sp³-hybridized carbons (Fsp3) is 0.462. The number of nitrogens with two attached hydrogens (primary N) is 1. The standard InChI is InChI=1S/C13H19ClN2O2/c1-13(2,3)7-16(4)11-9(12(17)18)5-8(15)6-10(11)14/h5-6H,7,15H2,1-4H3,(H,17,18). The number of halogens is 1. The third-order valence-electron chi connectivity index (χ3n) is 2.41. The van der Waals surface area contributed by atoms with E-state index in [4.69, 9.17) is 17.3 Å². The monoisotopic (exact) mass is 270 g/mol. The van der Waals surface area contributed by atoms with E-state index >= 15 is 0 Å². The number of hydrogen-bond acceptors (Lipinski definition) is 3. The zero-order chi connectivity index (χ0) is 14.1. The normalized spacial score (nSPS) is 11.4. The summed E-state index contributed by atoms with van der Waals surface area (Å²) in [5, 5.41) is 9.58. The van der Waals surface area contributed by atoms with E-state index in [0.29, 0.717) is 22.9 Å². The minimum absolute atomic E-state index is 0.0369. The van der Waals surface area contributed by atoms with Gasteiger partial charge in [0.1, 0.15) is 0 Å². The molecule has 1 rings (SSSR count). The molecule has 0 unspecified atom stereocenters. The smallest absolute Gasteiger partial charge is 0.337 e. The molecule has 0 amide bonds. The Morgan fingerprint density at radius 2 is 2.00 bits per heavy atom. The van der Waals surface area contributed by atoms with Gasteiger partial charge in [0.15, 0.2) is 0 Å². The Balaban J connectivity index is 3.26. The van der Waals surface area contributed by atoms with Crippen molar-refractivity contribution in [3.05, 3.63) is 22.7 Å². The zero-order valence-electron chi connectivity index (χ0n) is 11.1. The first-order valence-electron chi connectivity index (χ1n) is 5.65. The van der Waals surface area contributed by atoms with Crippen molar-refractivity contribution in [3.8, 4) is 0 Å². The van der Waals surface area contributed by atoms with Gasteiger partial charge in [0, 0.05) is 19.3 Å². The van der Waals surface area contributed by atoms with Crippen LogP contribution in [-0.4, -0.2) is 24.7 Å². The molecule has 0 heterocycles. The van der Waals surface area contributed by atoms with Gasteiger partial charge in [-0.15, -0.1) is 0 Å². The van der Waals surface area contributed by atoms with Crippen molar-refractivity contribution >= 4 is 28.9 Å². The third-order valence-corrected chi connectivity index (χ3v) is 2.70. The number of carboxylic acids is 1. The topological polar surface area (TPSA) is 66.6 Å². The van der Waals surface area contributed by atoms with Crippen LogP contribution in [0.1, 0.15) is 31.1 Å². The van der Waals surface area contributed by atoms with Gasteiger partial charge in [-0.1, -0.05) is 32.4 Å². The first-order valence-corrected chi connectivity index (χ1v) is 6.03. The van der Waals surface area contributed by atoms with E-state index < -0.39 is 5.97 Å². The van der Waals surface area contributed by atoms with Crippen LogP contribution in [0.15, 0.2) is 12.1 Å². The second-order valence-electron chi connectivity index (χ2n) is 5.62. The second-order valence-corrected chi connectivity index (χ2v) is 6.03. The number of aromatic carboxylic acids is 1. The predicted octanol–water partition coefficient (Wildman–Crippen LogP) is 3.10. The molecule has 5 heteroatoms. The Morgan fingerprint density at radius 1 is 1.44 bits per heavy atom. The quantitative estimate of drug-likeness (QED) is 0.828. The summed E-state index contributed by atoms with van der Waals surface area (Å²) in [5.74, 6) is -1.03. The molecule has 4 nitrogen and oxygen atoms in total. The Morgan fingerprint density at radius 3 is 2.44 bits per heavy atom. The maximum absolute atomic E-state index is 11.3. The summed E-state index contributed by atoms with van der Waals surface area (Å²) >= 11 is 6.12. The molecule has 0 spiro atoms. The van der Waals surface area contributed by atoms with Gasteiger partial charge in [0.25, 0.3) is 0 Å². The maximum atomic E-state index is 11.3. The predicted molar refractivity (Wildman–Crippen MR) is 75.5 cm³/mol. The van der Waals surface area contributed by atoms with Crippen LogP contribution in [0, 0.1) is 5.41 Å². The number of carboxylic acid groups (broad SMARTS) is 1. The minimum atomic E-state index is -1.03. The van der Waals surface area contributed by atoms with Crippen molar-refractivity contribution in [1.82, 2.24) is 0 Å². The second kappa shape index (κ2) is 5.06. The molecule has 18 heavy (non-hydrogen) atoms. The molecule has 0 aliphatic heterocycles. The molecular weight excluding hydrogens is 252 g/mol. The van der Waals surface area contributed by atoms with Crippen LogP contribution < -0.4 is 10.6 Å². The lowest BCUT2D eigenvalue weighted by Crippen LogP contribution is -2.30. The van der Waals surface area contributed by atoms with Crippen molar-refractivity contribution in [2.24, 2.45) is 5.41 Å². The molecule has 0 aromatic heterocycles. The molecule has 0 aliphatic rings. The Labute approximate surface area is 112 Å². The van der Waals surface area contributed by atoms with Crippen LogP contribution in [0.4, 0.5) is 11.4 Å². The van der Waals surface area contributed by atoms with Gasteiger partial charge in [-0.05, 0) is 17.5 Å². The lowest BCUT2D eigenvalue weighted by molar-refractivity contribution is 0.0697. The Bertz CT molecular complexity index is 467. The van der Waals surface area contributed by atoms with Crippen molar-refractivity contribution in [3.63, 3.8) is 0 Å². The summed E-state index contributed by atoms with van der Waals surface area (Å²) in [5.41, 5.74) is 6.66. The van der Waals surface area contributed by atoms with E-state index in [0.717, 1.165) is 0 Å². The molecule has 1 aromatic rings. The average Bonchev–Trinajstić information content (AvgIpc) is 2.12. The molecule has 3 N–H and O–H groups in total. The fourth-order valence-electron chi connectivity index (χ4n) is 1.96. The first kappa shape index (κ1) is 14.6. The van der Waals surface area contributed by atoms with Gasteiger partial charge in [-0.25, -0.2) is 4.79 Å². The fourth-order valence-corrected chi connectivity index (χ4v) is 2.33. The van der Waals surface area contributed by atoms with E-state index in [1.54, 1.807) is 6.07 Å². The largest absolute Gasteiger partial charge is 0.478 e. The van der Waals surface area contributed by atoms with E-state index in [1.165, 1.54) is 6.07 Å². The summed E-state index contributed by atoms with van der Waals surface area (Å²) in [6.45, 7) is 6.93. The van der Waals surface area contributed by atoms with Gasteiger partial charge in [0.05, 0.1) is 16.3 Å². The van der Waals surface area contributed by atoms with Crippen molar-refractivity contribution < 1.29 is 9.90 Å². The van der Waals surface area contributed by atoms with Gasteiger partial charge < -0.3 is 15.7 Å². The number of rotatable bonds is 3. The molecule has 0 fully saturated rings. The third kappa shape index (κ3) is 3.53. The number of hydrogen-bond donors (Lipinski definition) is 2. The zero-order valence-corrected chi connectivity index (χ0v) is 11.9. The van der Waals surface area contributed by atoms with Crippen LogP contribution in [0.5, 0.6) is 0 Å². The van der Waals surface area contributed by atoms with E-state index in [9.17, 15) is 9.90 Å². The number of benzene rings is 1. The van der Waals surface area contributed by atoms with Gasteiger partial charge in [-0.3, -0.25) is 0 Å². The first-order chi connectivity index (χ1) is 8.11. The minimum Gasteiger partial charge on any atom is -0.478 e. The average molecular weight is 271 g/mol. The molecule has 0 bridgehead atoms. The van der Waals surface area contributed by atoms with Gasteiger partial charge in [-0.2, -0.15) is 0 Å². The van der Waals surface area contributed by atoms with Crippen LogP contribution >= 0.6 is 11.6 Å². The molecule has 100 valence electrons. The van der Waals surface area contributed by atoms with Crippen LogP contribution in [0.3, 0.4) is 0 Å². The van der Waals surface area contributed by atoms with Crippen molar-refractivity contribution in [2.45, 2.75) is 20.8 Å². The Kier molecular flexibility index (Phi) is 4.12. The highest BCUT2D eigenvalue weighted by atomic mass is 35.5. The van der Waals surface area contributed by atoms with Crippen LogP contribution in [0.25, 0.3) is 0 Å². The molecule has 0 saturated heterocycles. The number of nitrogens with zero attached hydrogens (tertiary/aromatic N) is 1. The number of carbonyl (C=O) groups is 1. The molecule has 0 atom stereocenters. The highest BCUT2D eigenvalue weighted by Crippen LogP contribution is 2.33. The number of anilines is 2. The lowest BCUT2D eigenvalue weighted by atomic mass is 9.95. The van der Waals surface area contributed by atoms with E-state index in [-0.39, 0.29) is 11.0 Å². The van der Waals surface area contributed by atoms with E-state index in [2.05, 4.69) is 20.8 Å². The molecule has 0 aliphatic carbocycles. The van der Waals surface area contributed by atoms with Gasteiger partial charge >= 0.3 is 5.97 Å². The lowest BCUT2D eigenvalue weighted by Gasteiger charge is -2.30. The van der Waals surface area contributed by atoms with E-state index in [1.807, 2.05) is 11.9 Å². The van der Waals surface area contributed by atoms with Crippen LogP contribution in [-0.2, 0) is 0 Å². The summed E-state index contributed by atoms with van der Waals surface area (Å²) in [6, 6.07) is 3.01. The highest BCUT2D eigenvalue weighted by molar-refractivity contribution is 6.34. The molecule has 0 saturated carbocycles. The van der Waals surface area contributed by atoms with Crippen molar-refractivity contribution in [1.29, 1.82) is 0 Å². The van der Waals surface area contributed by atoms with Crippen LogP contribution in [0.2, 0.25) is 5.02 Å². The number of nitrogen functional groups attached to an aromatic ring is 1. The highest BCUT2D eigenvalue weighted by Gasteiger charge is 2.21. The summed E-state index contributed by atoms with van der Waals surface area (Å²) < 4.78 is 0. The summed E-state index contributed by atoms with van der Waals surface area (Å²) in [7, 11) is 1.83. The maximum Gasteiger partial charge on any atom is 0.337 e. The summed E-state index contributed by atoms with van der Waals surface area (Å²) in [4.78, 5) is 13.1. The summed E-state index contributed by atoms with van der Waals surface area (Å²) in [6.07, 6.45) is 0. The molecular formula is C13H19ClN2O2. The SMILES string of the molecule is CN(CC(C)(C)C)c1c(Cl)cc(N)cc1C(=O)O. The Hall–Kier alpha value is -1.42. The van der Waals surface area contributed by atoms with Crippen molar-refractivity contribution in [2.75, 3.05) is 24.2 Å². The molecule has 0 radical (unpaired) electrons. The van der Waals surface area contributed by atoms with Gasteiger partial charge in [0.2, 0.25) is 0 Å².